The molecule has 12 heteroatoms. The number of ether oxygens (including phenoxy) is 1. The number of para-hydroxylation sites is 1. The van der Waals surface area contributed by atoms with Gasteiger partial charge in [-0.15, -0.1) is 10.2 Å². The van der Waals surface area contributed by atoms with Gasteiger partial charge in [0.1, 0.15) is 10.6 Å². The lowest BCUT2D eigenvalue weighted by Crippen LogP contribution is -2.40. The van der Waals surface area contributed by atoms with Gasteiger partial charge in [-0.05, 0) is 26.0 Å². The fraction of sp³-hybridized carbons (Fsp3) is 0.333. The summed E-state index contributed by atoms with van der Waals surface area (Å²) >= 11 is 0. The van der Waals surface area contributed by atoms with Gasteiger partial charge in [-0.3, -0.25) is 10.1 Å². The Morgan fingerprint density at radius 1 is 1.12 bits per heavy atom. The first kappa shape index (κ1) is 22.8. The van der Waals surface area contributed by atoms with Gasteiger partial charge in [0.2, 0.25) is 15.9 Å². The number of sulfonamides is 1. The first-order chi connectivity index (χ1) is 15.7. The van der Waals surface area contributed by atoms with Crippen molar-refractivity contribution in [1.29, 1.82) is 0 Å². The number of aromatic nitrogens is 1. The smallest absolute Gasteiger partial charge is 0.270 e. The monoisotopic (exact) mass is 473 g/mol. The Labute approximate surface area is 190 Å². The number of hydrogen-bond acceptors (Lipinski definition) is 8. The lowest BCUT2D eigenvalue weighted by atomic mass is 10.2. The molecule has 33 heavy (non-hydrogen) atoms. The van der Waals surface area contributed by atoms with Gasteiger partial charge in [0.15, 0.2) is 5.69 Å². The molecule has 4 rings (SSSR count). The Kier molecular flexibility index (Phi) is 6.15. The third kappa shape index (κ3) is 4.19. The molecule has 0 aliphatic carbocycles. The van der Waals surface area contributed by atoms with Gasteiger partial charge < -0.3 is 14.4 Å². The van der Waals surface area contributed by atoms with Crippen molar-refractivity contribution in [2.45, 2.75) is 24.8 Å². The van der Waals surface area contributed by atoms with E-state index in [-0.39, 0.29) is 60.2 Å². The fourth-order valence-corrected chi connectivity index (χ4v) is 5.34. The highest BCUT2D eigenvalue weighted by Gasteiger charge is 2.30. The molecule has 0 amide bonds. The average molecular weight is 474 g/mol. The number of nitrogens with zero attached hydrogens (tertiary/aromatic N) is 5. The molecule has 0 bridgehead atoms. The highest BCUT2D eigenvalue weighted by atomic mass is 32.2. The Hall–Kier alpha value is -3.35. The van der Waals surface area contributed by atoms with Gasteiger partial charge in [-0.2, -0.15) is 4.31 Å². The summed E-state index contributed by atoms with van der Waals surface area (Å²) in [7, 11) is -4.09. The molecule has 0 spiro atoms. The largest absolute Gasteiger partial charge is 0.493 e. The summed E-state index contributed by atoms with van der Waals surface area (Å²) in [5, 5.41) is 31.0. The molecule has 3 aromatic rings. The highest BCUT2D eigenvalue weighted by molar-refractivity contribution is 7.89. The maximum atomic E-state index is 13.3. The van der Waals surface area contributed by atoms with E-state index in [0.717, 1.165) is 11.6 Å². The molecular weight excluding hydrogens is 450 g/mol. The predicted molar refractivity (Wildman–Crippen MR) is 121 cm³/mol. The molecule has 174 valence electrons. The predicted octanol–water partition coefficient (Wildman–Crippen LogP) is 4.27. The average Bonchev–Trinajstić information content (AvgIpc) is 3.09. The van der Waals surface area contributed by atoms with E-state index in [1.54, 1.807) is 16.7 Å². The van der Waals surface area contributed by atoms with E-state index in [2.05, 4.69) is 10.2 Å². The van der Waals surface area contributed by atoms with E-state index in [0.29, 0.717) is 5.39 Å². The molecule has 11 nitrogen and oxygen atoms in total. The van der Waals surface area contributed by atoms with E-state index >= 15 is 0 Å². The molecule has 1 aliphatic rings. The van der Waals surface area contributed by atoms with Crippen LogP contribution in [0.5, 0.6) is 5.88 Å². The number of morpholine rings is 1. The van der Waals surface area contributed by atoms with Crippen molar-refractivity contribution in [3.63, 3.8) is 0 Å². The van der Waals surface area contributed by atoms with Gasteiger partial charge in [-0.1, -0.05) is 18.2 Å². The molecular formula is C21H23N5O6S. The first-order valence-electron chi connectivity index (χ1n) is 10.3. The number of rotatable bonds is 6. The van der Waals surface area contributed by atoms with Crippen LogP contribution in [-0.2, 0) is 14.8 Å². The van der Waals surface area contributed by atoms with Crippen LogP contribution in [0.2, 0.25) is 0 Å². The van der Waals surface area contributed by atoms with Crippen LogP contribution in [0.1, 0.15) is 19.9 Å². The Balaban J connectivity index is 1.84. The maximum absolute atomic E-state index is 13.3. The third-order valence-electron chi connectivity index (χ3n) is 5.37. The molecule has 0 radical (unpaired) electrons. The van der Waals surface area contributed by atoms with Crippen molar-refractivity contribution < 1.29 is 23.2 Å². The number of non-ortho nitro benzene ring substituents is 1. The lowest BCUT2D eigenvalue weighted by molar-refractivity contribution is -0.385. The van der Waals surface area contributed by atoms with E-state index < -0.39 is 14.9 Å². The second kappa shape index (κ2) is 8.89. The zero-order valence-corrected chi connectivity index (χ0v) is 18.9. The van der Waals surface area contributed by atoms with E-state index in [9.17, 15) is 23.6 Å². The van der Waals surface area contributed by atoms with Crippen LogP contribution in [0.25, 0.3) is 10.9 Å². The minimum absolute atomic E-state index is 0.0597. The summed E-state index contributed by atoms with van der Waals surface area (Å²) in [4.78, 5) is 10.3. The second-order valence-electron chi connectivity index (χ2n) is 7.78. The summed E-state index contributed by atoms with van der Waals surface area (Å²) in [5.74, 6) is -0.102. The third-order valence-corrected chi connectivity index (χ3v) is 7.30. The Bertz CT molecular complexity index is 1340. The topological polar surface area (TPSA) is 140 Å². The molecule has 1 aromatic heterocycles. The zero-order valence-electron chi connectivity index (χ0n) is 18.1. The van der Waals surface area contributed by atoms with Gasteiger partial charge in [0.25, 0.3) is 5.69 Å². The number of benzene rings is 2. The van der Waals surface area contributed by atoms with Crippen molar-refractivity contribution in [3.05, 3.63) is 52.6 Å². The van der Waals surface area contributed by atoms with Crippen molar-refractivity contribution in [1.82, 2.24) is 8.87 Å². The minimum atomic E-state index is -4.09. The minimum Gasteiger partial charge on any atom is -0.493 e. The summed E-state index contributed by atoms with van der Waals surface area (Å²) < 4.78 is 34.6. The van der Waals surface area contributed by atoms with Crippen molar-refractivity contribution in [3.8, 4) is 5.88 Å². The quantitative estimate of drug-likeness (QED) is 0.322. The van der Waals surface area contributed by atoms with Gasteiger partial charge in [0.05, 0.1) is 23.7 Å². The van der Waals surface area contributed by atoms with E-state index in [1.165, 1.54) is 16.4 Å². The van der Waals surface area contributed by atoms with Crippen LogP contribution in [0.3, 0.4) is 0 Å². The Morgan fingerprint density at radius 2 is 1.82 bits per heavy atom. The summed E-state index contributed by atoms with van der Waals surface area (Å²) in [6.45, 7) is 4.54. The molecule has 2 heterocycles. The Morgan fingerprint density at radius 3 is 2.48 bits per heavy atom. The van der Waals surface area contributed by atoms with Crippen LogP contribution in [0, 0.1) is 10.1 Å². The van der Waals surface area contributed by atoms with E-state index in [4.69, 9.17) is 4.74 Å². The van der Waals surface area contributed by atoms with Gasteiger partial charge >= 0.3 is 0 Å². The van der Waals surface area contributed by atoms with Crippen molar-refractivity contribution >= 4 is 38.0 Å². The summed E-state index contributed by atoms with van der Waals surface area (Å²) in [6, 6.07) is 10.6. The number of hydrogen-bond donors (Lipinski definition) is 1. The number of nitro groups is 1. The number of azo groups is 1. The van der Waals surface area contributed by atoms with E-state index in [1.807, 2.05) is 26.0 Å². The first-order valence-corrected chi connectivity index (χ1v) is 11.8. The highest BCUT2D eigenvalue weighted by Crippen LogP contribution is 2.42. The number of fused-ring (bicyclic) bond motifs is 1. The fourth-order valence-electron chi connectivity index (χ4n) is 3.79. The zero-order chi connectivity index (χ0) is 23.8. The maximum Gasteiger partial charge on any atom is 0.270 e. The molecule has 1 saturated heterocycles. The van der Waals surface area contributed by atoms with Gasteiger partial charge in [-0.25, -0.2) is 8.42 Å². The summed E-state index contributed by atoms with van der Waals surface area (Å²) in [6.07, 6.45) is 0. The van der Waals surface area contributed by atoms with Crippen LogP contribution in [0.15, 0.2) is 57.6 Å². The molecule has 0 unspecified atom stereocenters. The molecule has 2 aromatic carbocycles. The number of aromatic hydroxyl groups is 1. The summed E-state index contributed by atoms with van der Waals surface area (Å²) in [5.41, 5.74) is 0.504. The molecule has 0 atom stereocenters. The molecule has 0 saturated carbocycles. The lowest BCUT2D eigenvalue weighted by Gasteiger charge is -2.26. The SMILES string of the molecule is CC(C)n1c(O)c(N=Nc2ccc([N+](=O)[O-])cc2S(=O)(=O)N2CCOCC2)c2ccccc21. The standard InChI is InChI=1S/C21H23N5O6S/c1-14(2)25-18-6-4-3-5-16(18)20(21(25)27)23-22-17-8-7-15(26(28)29)13-19(17)33(30,31)24-9-11-32-12-10-24/h3-8,13-14,27H,9-12H2,1-2H3. The van der Waals surface area contributed by atoms with Crippen molar-refractivity contribution in [2.24, 2.45) is 10.2 Å². The molecule has 1 N–H and O–H groups in total. The molecule has 1 aliphatic heterocycles. The van der Waals surface area contributed by atoms with Crippen LogP contribution < -0.4 is 0 Å². The normalized spacial score (nSPS) is 15.6. The van der Waals surface area contributed by atoms with Crippen LogP contribution in [-0.4, -0.2) is 53.6 Å². The number of nitro benzene ring substituents is 1. The van der Waals surface area contributed by atoms with Crippen LogP contribution in [0.4, 0.5) is 17.1 Å². The van der Waals surface area contributed by atoms with Gasteiger partial charge in [0, 0.05) is 36.7 Å². The van der Waals surface area contributed by atoms with Crippen molar-refractivity contribution in [2.75, 3.05) is 26.3 Å². The van der Waals surface area contributed by atoms with Crippen LogP contribution >= 0.6 is 0 Å². The second-order valence-corrected chi connectivity index (χ2v) is 9.69. The molecule has 1 fully saturated rings.